The maximum absolute atomic E-state index is 11.9. The van der Waals surface area contributed by atoms with E-state index in [4.69, 9.17) is 10.5 Å². The van der Waals surface area contributed by atoms with Crippen LogP contribution in [0.3, 0.4) is 0 Å². The van der Waals surface area contributed by atoms with Crippen LogP contribution in [0.5, 0.6) is 5.75 Å². The SMILES string of the molecule is CCOc1cc(NCCC(=O)N(CC)CC)ccc1N. The number of benzene rings is 1. The van der Waals surface area contributed by atoms with Gasteiger partial charge in [0.05, 0.1) is 12.3 Å². The lowest BCUT2D eigenvalue weighted by Gasteiger charge is -2.18. The fourth-order valence-corrected chi connectivity index (χ4v) is 1.97. The number of ether oxygens (including phenoxy) is 1. The number of nitrogens with one attached hydrogen (secondary N) is 1. The van der Waals surface area contributed by atoms with Gasteiger partial charge in [0.1, 0.15) is 5.75 Å². The summed E-state index contributed by atoms with van der Waals surface area (Å²) < 4.78 is 5.44. The van der Waals surface area contributed by atoms with Crippen LogP contribution in [0.25, 0.3) is 0 Å². The summed E-state index contributed by atoms with van der Waals surface area (Å²) in [7, 11) is 0. The average Bonchev–Trinajstić information content (AvgIpc) is 2.44. The fraction of sp³-hybridized carbons (Fsp3) is 0.533. The van der Waals surface area contributed by atoms with E-state index in [2.05, 4.69) is 5.32 Å². The first-order chi connectivity index (χ1) is 9.62. The molecule has 20 heavy (non-hydrogen) atoms. The van der Waals surface area contributed by atoms with E-state index in [9.17, 15) is 4.79 Å². The Hall–Kier alpha value is -1.91. The second-order valence-electron chi connectivity index (χ2n) is 4.43. The molecule has 1 amide bonds. The van der Waals surface area contributed by atoms with E-state index < -0.39 is 0 Å². The number of rotatable bonds is 8. The van der Waals surface area contributed by atoms with Gasteiger partial charge in [0.25, 0.3) is 0 Å². The number of hydrogen-bond donors (Lipinski definition) is 2. The molecule has 1 aromatic rings. The van der Waals surface area contributed by atoms with Crippen molar-refractivity contribution in [3.8, 4) is 5.75 Å². The topological polar surface area (TPSA) is 67.6 Å². The van der Waals surface area contributed by atoms with Gasteiger partial charge in [-0.25, -0.2) is 0 Å². The zero-order chi connectivity index (χ0) is 15.0. The van der Waals surface area contributed by atoms with Crippen LogP contribution in [0.4, 0.5) is 11.4 Å². The molecule has 5 heteroatoms. The van der Waals surface area contributed by atoms with Crippen molar-refractivity contribution in [2.45, 2.75) is 27.2 Å². The summed E-state index contributed by atoms with van der Waals surface area (Å²) in [5.41, 5.74) is 7.35. The molecule has 0 aliphatic rings. The van der Waals surface area contributed by atoms with Gasteiger partial charge >= 0.3 is 0 Å². The van der Waals surface area contributed by atoms with Crippen LogP contribution in [0.15, 0.2) is 18.2 Å². The summed E-state index contributed by atoms with van der Waals surface area (Å²) in [6, 6.07) is 5.56. The lowest BCUT2D eigenvalue weighted by Crippen LogP contribution is -2.31. The van der Waals surface area contributed by atoms with Gasteiger partial charge < -0.3 is 20.7 Å². The van der Waals surface area contributed by atoms with Crippen molar-refractivity contribution in [3.05, 3.63) is 18.2 Å². The Morgan fingerprint density at radius 1 is 1.30 bits per heavy atom. The molecular formula is C15H25N3O2. The maximum atomic E-state index is 11.9. The molecule has 0 heterocycles. The third-order valence-electron chi connectivity index (χ3n) is 3.10. The zero-order valence-corrected chi connectivity index (χ0v) is 12.6. The van der Waals surface area contributed by atoms with Crippen molar-refractivity contribution in [2.24, 2.45) is 0 Å². The molecule has 0 unspecified atom stereocenters. The second-order valence-corrected chi connectivity index (χ2v) is 4.43. The maximum Gasteiger partial charge on any atom is 0.224 e. The van der Waals surface area contributed by atoms with Crippen molar-refractivity contribution >= 4 is 17.3 Å². The first-order valence-electron chi connectivity index (χ1n) is 7.16. The standard InChI is InChI=1S/C15H25N3O2/c1-4-18(5-2)15(19)9-10-17-12-7-8-13(16)14(11-12)20-6-3/h7-8,11,17H,4-6,9-10,16H2,1-3H3. The van der Waals surface area contributed by atoms with Gasteiger partial charge in [0, 0.05) is 37.8 Å². The summed E-state index contributed by atoms with van der Waals surface area (Å²) in [4.78, 5) is 13.7. The minimum atomic E-state index is 0.169. The van der Waals surface area contributed by atoms with Crippen LogP contribution in [0.2, 0.25) is 0 Å². The van der Waals surface area contributed by atoms with E-state index in [0.29, 0.717) is 31.0 Å². The molecule has 0 atom stereocenters. The lowest BCUT2D eigenvalue weighted by molar-refractivity contribution is -0.130. The third-order valence-corrected chi connectivity index (χ3v) is 3.10. The van der Waals surface area contributed by atoms with Gasteiger partial charge in [-0.15, -0.1) is 0 Å². The molecule has 0 spiro atoms. The molecule has 0 saturated heterocycles. The van der Waals surface area contributed by atoms with Crippen molar-refractivity contribution in [1.29, 1.82) is 0 Å². The molecule has 0 saturated carbocycles. The van der Waals surface area contributed by atoms with Crippen LogP contribution in [-0.2, 0) is 4.79 Å². The Labute approximate surface area is 121 Å². The summed E-state index contributed by atoms with van der Waals surface area (Å²) in [6.07, 6.45) is 0.482. The smallest absolute Gasteiger partial charge is 0.224 e. The van der Waals surface area contributed by atoms with Crippen LogP contribution in [0, 0.1) is 0 Å². The molecule has 0 bridgehead atoms. The van der Waals surface area contributed by atoms with Gasteiger partial charge in [-0.3, -0.25) is 4.79 Å². The summed E-state index contributed by atoms with van der Waals surface area (Å²) in [6.45, 7) is 8.59. The second kappa shape index (κ2) is 8.30. The van der Waals surface area contributed by atoms with E-state index in [0.717, 1.165) is 18.8 Å². The molecule has 0 aromatic heterocycles. The van der Waals surface area contributed by atoms with Gasteiger partial charge in [0.2, 0.25) is 5.91 Å². The van der Waals surface area contributed by atoms with Crippen LogP contribution in [-0.4, -0.2) is 37.0 Å². The highest BCUT2D eigenvalue weighted by atomic mass is 16.5. The zero-order valence-electron chi connectivity index (χ0n) is 12.6. The van der Waals surface area contributed by atoms with Crippen LogP contribution in [0.1, 0.15) is 27.2 Å². The highest BCUT2D eigenvalue weighted by molar-refractivity contribution is 5.76. The molecule has 112 valence electrons. The molecule has 1 rings (SSSR count). The van der Waals surface area contributed by atoms with Gasteiger partial charge in [0.15, 0.2) is 0 Å². The van der Waals surface area contributed by atoms with Gasteiger partial charge in [-0.1, -0.05) is 0 Å². The summed E-state index contributed by atoms with van der Waals surface area (Å²) in [5, 5.41) is 3.22. The number of carbonyl (C=O) groups excluding carboxylic acids is 1. The van der Waals surface area contributed by atoms with E-state index in [1.54, 1.807) is 6.07 Å². The Balaban J connectivity index is 2.49. The summed E-state index contributed by atoms with van der Waals surface area (Å²) in [5.74, 6) is 0.843. The predicted octanol–water partition coefficient (Wildman–Crippen LogP) is 2.34. The molecule has 3 N–H and O–H groups in total. The van der Waals surface area contributed by atoms with Crippen molar-refractivity contribution < 1.29 is 9.53 Å². The summed E-state index contributed by atoms with van der Waals surface area (Å²) >= 11 is 0. The Morgan fingerprint density at radius 3 is 2.60 bits per heavy atom. The van der Waals surface area contributed by atoms with Gasteiger partial charge in [-0.05, 0) is 32.9 Å². The molecule has 0 fully saturated rings. The van der Waals surface area contributed by atoms with Crippen molar-refractivity contribution in [3.63, 3.8) is 0 Å². The number of nitrogen functional groups attached to an aromatic ring is 1. The quantitative estimate of drug-likeness (QED) is 0.717. The first kappa shape index (κ1) is 16.1. The van der Waals surface area contributed by atoms with Crippen LogP contribution < -0.4 is 15.8 Å². The Bertz CT molecular complexity index is 431. The molecule has 5 nitrogen and oxygen atoms in total. The predicted molar refractivity (Wildman–Crippen MR) is 83.1 cm³/mol. The number of amides is 1. The third kappa shape index (κ3) is 4.64. The molecule has 0 aliphatic heterocycles. The molecule has 1 aromatic carbocycles. The Morgan fingerprint density at radius 2 is 2.00 bits per heavy atom. The van der Waals surface area contributed by atoms with E-state index in [1.807, 2.05) is 37.8 Å². The molecule has 0 radical (unpaired) electrons. The molecule has 0 aliphatic carbocycles. The number of nitrogens with zero attached hydrogens (tertiary/aromatic N) is 1. The van der Waals surface area contributed by atoms with Crippen molar-refractivity contribution in [2.75, 3.05) is 37.3 Å². The highest BCUT2D eigenvalue weighted by Gasteiger charge is 2.08. The minimum absolute atomic E-state index is 0.169. The van der Waals surface area contributed by atoms with E-state index >= 15 is 0 Å². The average molecular weight is 279 g/mol. The van der Waals surface area contributed by atoms with Crippen molar-refractivity contribution in [1.82, 2.24) is 4.90 Å². The largest absolute Gasteiger partial charge is 0.492 e. The van der Waals surface area contributed by atoms with E-state index in [-0.39, 0.29) is 5.91 Å². The monoisotopic (exact) mass is 279 g/mol. The minimum Gasteiger partial charge on any atom is -0.492 e. The number of hydrogen-bond acceptors (Lipinski definition) is 4. The van der Waals surface area contributed by atoms with Gasteiger partial charge in [-0.2, -0.15) is 0 Å². The number of anilines is 2. The lowest BCUT2D eigenvalue weighted by atomic mass is 10.2. The highest BCUT2D eigenvalue weighted by Crippen LogP contribution is 2.25. The van der Waals surface area contributed by atoms with E-state index in [1.165, 1.54) is 0 Å². The Kier molecular flexibility index (Phi) is 6.70. The first-order valence-corrected chi connectivity index (χ1v) is 7.16. The number of nitrogens with two attached hydrogens (primary N) is 1. The number of carbonyl (C=O) groups is 1. The fourth-order valence-electron chi connectivity index (χ4n) is 1.97. The molecular weight excluding hydrogens is 254 g/mol. The van der Waals surface area contributed by atoms with Crippen LogP contribution >= 0.6 is 0 Å². The normalized spacial score (nSPS) is 10.2.